The Morgan fingerprint density at radius 3 is 2.35 bits per heavy atom. The second kappa shape index (κ2) is 9.72. The lowest BCUT2D eigenvalue weighted by Crippen LogP contribution is -2.40. The molecular formula is C23H27NO6S. The minimum absolute atomic E-state index is 0.0149. The highest BCUT2D eigenvalue weighted by atomic mass is 32.2. The monoisotopic (exact) mass is 445 g/mol. The summed E-state index contributed by atoms with van der Waals surface area (Å²) < 4.78 is 37.7. The van der Waals surface area contributed by atoms with E-state index in [1.165, 1.54) is 23.4 Å². The van der Waals surface area contributed by atoms with Crippen molar-refractivity contribution in [2.24, 2.45) is 0 Å². The number of nitrogens with zero attached hydrogens (tertiary/aromatic N) is 1. The molecule has 31 heavy (non-hydrogen) atoms. The number of ether oxygens (including phenoxy) is 2. The van der Waals surface area contributed by atoms with Gasteiger partial charge < -0.3 is 9.47 Å². The number of sulfonamides is 1. The van der Waals surface area contributed by atoms with Crippen LogP contribution in [0.15, 0.2) is 47.4 Å². The summed E-state index contributed by atoms with van der Waals surface area (Å²) in [5, 5.41) is 0. The Bertz CT molecular complexity index is 1060. The Morgan fingerprint density at radius 2 is 1.74 bits per heavy atom. The van der Waals surface area contributed by atoms with Crippen LogP contribution in [0.25, 0.3) is 0 Å². The van der Waals surface area contributed by atoms with E-state index in [-0.39, 0.29) is 29.3 Å². The van der Waals surface area contributed by atoms with Gasteiger partial charge in [-0.15, -0.1) is 0 Å². The molecule has 0 bridgehead atoms. The van der Waals surface area contributed by atoms with Crippen LogP contribution in [0.5, 0.6) is 0 Å². The van der Waals surface area contributed by atoms with Gasteiger partial charge >= 0.3 is 5.97 Å². The highest BCUT2D eigenvalue weighted by Crippen LogP contribution is 2.22. The van der Waals surface area contributed by atoms with Crippen molar-refractivity contribution in [3.63, 3.8) is 0 Å². The molecule has 7 nitrogen and oxygen atoms in total. The van der Waals surface area contributed by atoms with Gasteiger partial charge in [-0.1, -0.05) is 37.3 Å². The third-order valence-corrected chi connectivity index (χ3v) is 7.23. The van der Waals surface area contributed by atoms with Crippen molar-refractivity contribution in [1.29, 1.82) is 0 Å². The summed E-state index contributed by atoms with van der Waals surface area (Å²) in [6.45, 7) is 6.42. The molecule has 0 saturated carbocycles. The molecule has 2 aromatic rings. The number of hydrogen-bond acceptors (Lipinski definition) is 6. The summed E-state index contributed by atoms with van der Waals surface area (Å²) in [6.07, 6.45) is -0.138. The van der Waals surface area contributed by atoms with E-state index < -0.39 is 22.1 Å². The zero-order valence-corrected chi connectivity index (χ0v) is 18.8. The summed E-state index contributed by atoms with van der Waals surface area (Å²) in [6, 6.07) is 11.5. The maximum absolute atomic E-state index is 12.9. The summed E-state index contributed by atoms with van der Waals surface area (Å²) >= 11 is 0. The normalized spacial score (nSPS) is 16.0. The van der Waals surface area contributed by atoms with Gasteiger partial charge in [-0.05, 0) is 43.5 Å². The Kier molecular flexibility index (Phi) is 7.25. The molecule has 1 unspecified atom stereocenters. The van der Waals surface area contributed by atoms with Crippen molar-refractivity contribution < 1.29 is 27.5 Å². The molecule has 1 aliphatic rings. The molecule has 3 rings (SSSR count). The average molecular weight is 446 g/mol. The molecule has 0 aromatic heterocycles. The summed E-state index contributed by atoms with van der Waals surface area (Å²) in [5.41, 5.74) is 2.25. The molecule has 0 aliphatic carbocycles. The van der Waals surface area contributed by atoms with Crippen molar-refractivity contribution in [1.82, 2.24) is 4.31 Å². The molecule has 8 heteroatoms. The first-order valence-corrected chi connectivity index (χ1v) is 11.7. The molecule has 0 spiro atoms. The molecule has 1 fully saturated rings. The second-order valence-electron chi connectivity index (χ2n) is 7.46. The van der Waals surface area contributed by atoms with E-state index >= 15 is 0 Å². The highest BCUT2D eigenvalue weighted by molar-refractivity contribution is 7.89. The molecule has 0 N–H and O–H groups in total. The zero-order chi connectivity index (χ0) is 22.6. The van der Waals surface area contributed by atoms with Crippen LogP contribution in [0.4, 0.5) is 0 Å². The first-order valence-electron chi connectivity index (χ1n) is 10.3. The standard InChI is InChI=1S/C23H27NO6S/c1-4-18-6-8-19(9-7-18)22(25)17(3)30-23(26)21-15-20(10-5-16(21)2)31(27,28)24-11-13-29-14-12-24/h5-10,15,17H,4,11-14H2,1-3H3. The predicted molar refractivity (Wildman–Crippen MR) is 116 cm³/mol. The van der Waals surface area contributed by atoms with Crippen LogP contribution in [0.1, 0.15) is 45.7 Å². The number of morpholine rings is 1. The third kappa shape index (κ3) is 5.20. The van der Waals surface area contributed by atoms with Gasteiger partial charge in [-0.2, -0.15) is 4.31 Å². The van der Waals surface area contributed by atoms with E-state index in [9.17, 15) is 18.0 Å². The summed E-state index contributed by atoms with van der Waals surface area (Å²) in [7, 11) is -3.75. The smallest absolute Gasteiger partial charge is 0.339 e. The molecule has 1 saturated heterocycles. The number of hydrogen-bond donors (Lipinski definition) is 0. The number of aryl methyl sites for hydroxylation is 2. The van der Waals surface area contributed by atoms with Gasteiger partial charge in [0.05, 0.1) is 23.7 Å². The fourth-order valence-corrected chi connectivity index (χ4v) is 4.77. The van der Waals surface area contributed by atoms with Gasteiger partial charge in [0.2, 0.25) is 15.8 Å². The largest absolute Gasteiger partial charge is 0.451 e. The van der Waals surface area contributed by atoms with Crippen molar-refractivity contribution in [3.8, 4) is 0 Å². The van der Waals surface area contributed by atoms with E-state index in [1.54, 1.807) is 25.1 Å². The molecule has 1 aliphatic heterocycles. The second-order valence-corrected chi connectivity index (χ2v) is 9.39. The molecule has 2 aromatic carbocycles. The van der Waals surface area contributed by atoms with Crippen LogP contribution in [-0.4, -0.2) is 56.9 Å². The number of Topliss-reactive ketones (excluding diaryl/α,β-unsaturated/α-hetero) is 1. The van der Waals surface area contributed by atoms with Crippen LogP contribution in [-0.2, 0) is 25.9 Å². The van der Waals surface area contributed by atoms with Crippen LogP contribution >= 0.6 is 0 Å². The number of ketones is 1. The van der Waals surface area contributed by atoms with Crippen molar-refractivity contribution in [3.05, 3.63) is 64.7 Å². The Labute approximate surface area is 183 Å². The fraction of sp³-hybridized carbons (Fsp3) is 0.391. The third-order valence-electron chi connectivity index (χ3n) is 5.34. The van der Waals surface area contributed by atoms with E-state index in [2.05, 4.69) is 0 Å². The Hall–Kier alpha value is -2.55. The maximum atomic E-state index is 12.9. The average Bonchev–Trinajstić information content (AvgIpc) is 2.79. The van der Waals surface area contributed by atoms with Crippen molar-refractivity contribution in [2.45, 2.75) is 38.2 Å². The minimum atomic E-state index is -3.75. The fourth-order valence-electron chi connectivity index (χ4n) is 3.33. The topological polar surface area (TPSA) is 90.0 Å². The molecular weight excluding hydrogens is 418 g/mol. The maximum Gasteiger partial charge on any atom is 0.339 e. The van der Waals surface area contributed by atoms with Gasteiger partial charge in [0.15, 0.2) is 6.10 Å². The zero-order valence-electron chi connectivity index (χ0n) is 18.0. The van der Waals surface area contributed by atoms with E-state index in [0.29, 0.717) is 24.3 Å². The van der Waals surface area contributed by atoms with Gasteiger partial charge in [-0.3, -0.25) is 4.79 Å². The number of carbonyl (C=O) groups excluding carboxylic acids is 2. The molecule has 1 atom stereocenters. The summed E-state index contributed by atoms with van der Waals surface area (Å²) in [5.74, 6) is -1.05. The van der Waals surface area contributed by atoms with Gasteiger partial charge in [0, 0.05) is 18.7 Å². The van der Waals surface area contributed by atoms with Crippen LogP contribution in [0, 0.1) is 6.92 Å². The molecule has 0 radical (unpaired) electrons. The Morgan fingerprint density at radius 1 is 1.10 bits per heavy atom. The molecule has 0 amide bonds. The SMILES string of the molecule is CCc1ccc(C(=O)C(C)OC(=O)c2cc(S(=O)(=O)N3CCOCC3)ccc2C)cc1. The first-order chi connectivity index (χ1) is 14.7. The van der Waals surface area contributed by atoms with Crippen molar-refractivity contribution in [2.75, 3.05) is 26.3 Å². The number of benzene rings is 2. The van der Waals surface area contributed by atoms with Crippen LogP contribution in [0.2, 0.25) is 0 Å². The van der Waals surface area contributed by atoms with Crippen LogP contribution in [0.3, 0.4) is 0 Å². The van der Waals surface area contributed by atoms with Gasteiger partial charge in [0.1, 0.15) is 0 Å². The first kappa shape index (κ1) is 23.1. The quantitative estimate of drug-likeness (QED) is 0.481. The van der Waals surface area contributed by atoms with E-state index in [1.807, 2.05) is 19.1 Å². The number of rotatable bonds is 7. The number of carbonyl (C=O) groups is 2. The van der Waals surface area contributed by atoms with Crippen LogP contribution < -0.4 is 0 Å². The Balaban J connectivity index is 1.77. The van der Waals surface area contributed by atoms with E-state index in [4.69, 9.17) is 9.47 Å². The molecule has 166 valence electrons. The van der Waals surface area contributed by atoms with Gasteiger partial charge in [-0.25, -0.2) is 13.2 Å². The minimum Gasteiger partial charge on any atom is -0.451 e. The summed E-state index contributed by atoms with van der Waals surface area (Å²) in [4.78, 5) is 25.4. The van der Waals surface area contributed by atoms with E-state index in [0.717, 1.165) is 12.0 Å². The highest BCUT2D eigenvalue weighted by Gasteiger charge is 2.28. The van der Waals surface area contributed by atoms with Gasteiger partial charge in [0.25, 0.3) is 0 Å². The number of esters is 1. The predicted octanol–water partition coefficient (Wildman–Crippen LogP) is 3.01. The lowest BCUT2D eigenvalue weighted by Gasteiger charge is -2.26. The van der Waals surface area contributed by atoms with Crippen molar-refractivity contribution >= 4 is 21.8 Å². The lowest BCUT2D eigenvalue weighted by atomic mass is 10.0. The lowest BCUT2D eigenvalue weighted by molar-refractivity contribution is 0.0318. The molecule has 1 heterocycles.